The Hall–Kier alpha value is -1.36. The van der Waals surface area contributed by atoms with Crippen LogP contribution in [0.3, 0.4) is 0 Å². The Balaban J connectivity index is 2.66. The number of nitrogens with one attached hydrogen (secondary N) is 2. The predicted molar refractivity (Wildman–Crippen MR) is 59.4 cm³/mol. The summed E-state index contributed by atoms with van der Waals surface area (Å²) >= 11 is 0. The van der Waals surface area contributed by atoms with Crippen LogP contribution in [0, 0.1) is 5.41 Å². The van der Waals surface area contributed by atoms with E-state index in [1.807, 2.05) is 13.0 Å². The first-order valence-corrected chi connectivity index (χ1v) is 5.05. The van der Waals surface area contributed by atoms with E-state index in [1.165, 1.54) is 0 Å². The Morgan fingerprint density at radius 1 is 1.67 bits per heavy atom. The molecule has 4 N–H and O–H groups in total. The van der Waals surface area contributed by atoms with Crippen molar-refractivity contribution in [3.63, 3.8) is 0 Å². The zero-order chi connectivity index (χ0) is 11.5. The van der Waals surface area contributed by atoms with Crippen LogP contribution in [0.2, 0.25) is 0 Å². The molecule has 5 nitrogen and oxygen atoms in total. The van der Waals surface area contributed by atoms with Gasteiger partial charge in [-0.3, -0.25) is 9.89 Å². The van der Waals surface area contributed by atoms with Crippen LogP contribution in [0.5, 0.6) is 0 Å². The van der Waals surface area contributed by atoms with Gasteiger partial charge in [0.25, 0.3) is 0 Å². The van der Waals surface area contributed by atoms with Gasteiger partial charge in [0, 0.05) is 18.3 Å². The lowest BCUT2D eigenvalue weighted by atomic mass is 9.93. The number of hydrogen-bond donors (Lipinski definition) is 3. The molecule has 15 heavy (non-hydrogen) atoms. The fourth-order valence-electron chi connectivity index (χ4n) is 0.985. The van der Waals surface area contributed by atoms with Crippen molar-refractivity contribution in [2.75, 3.05) is 11.9 Å². The molecule has 0 unspecified atom stereocenters. The van der Waals surface area contributed by atoms with E-state index < -0.39 is 5.41 Å². The van der Waals surface area contributed by atoms with Crippen molar-refractivity contribution in [1.82, 2.24) is 10.2 Å². The topological polar surface area (TPSA) is 83.8 Å². The third-order valence-electron chi connectivity index (χ3n) is 2.38. The largest absolute Gasteiger partial charge is 0.329 e. The average Bonchev–Trinajstić information content (AvgIpc) is 2.65. The number of aryl methyl sites for hydroxylation is 1. The van der Waals surface area contributed by atoms with Gasteiger partial charge in [0.05, 0.1) is 5.41 Å². The van der Waals surface area contributed by atoms with Gasteiger partial charge in [0.15, 0.2) is 5.82 Å². The molecule has 0 fully saturated rings. The van der Waals surface area contributed by atoms with Gasteiger partial charge < -0.3 is 11.1 Å². The molecule has 0 atom stereocenters. The summed E-state index contributed by atoms with van der Waals surface area (Å²) < 4.78 is 0. The third kappa shape index (κ3) is 2.79. The van der Waals surface area contributed by atoms with E-state index in [4.69, 9.17) is 5.73 Å². The molecular weight excluding hydrogens is 192 g/mol. The standard InChI is InChI=1S/C10H18N4O/c1-4-7-5-8(14-13-7)12-9(15)10(2,3)6-11/h5H,4,6,11H2,1-3H3,(H2,12,13,14,15). The van der Waals surface area contributed by atoms with Crippen LogP contribution in [0.25, 0.3) is 0 Å². The number of H-pyrrole nitrogens is 1. The smallest absolute Gasteiger partial charge is 0.232 e. The first-order valence-electron chi connectivity index (χ1n) is 5.05. The van der Waals surface area contributed by atoms with Crippen LogP contribution in [-0.2, 0) is 11.2 Å². The second-order valence-corrected chi connectivity index (χ2v) is 4.17. The van der Waals surface area contributed by atoms with Gasteiger partial charge in [0.1, 0.15) is 0 Å². The zero-order valence-corrected chi connectivity index (χ0v) is 9.42. The van der Waals surface area contributed by atoms with E-state index in [0.717, 1.165) is 12.1 Å². The molecule has 84 valence electrons. The Morgan fingerprint density at radius 2 is 2.33 bits per heavy atom. The highest BCUT2D eigenvalue weighted by atomic mass is 16.2. The number of rotatable bonds is 4. The maximum Gasteiger partial charge on any atom is 0.232 e. The fraction of sp³-hybridized carbons (Fsp3) is 0.600. The summed E-state index contributed by atoms with van der Waals surface area (Å²) in [6.07, 6.45) is 0.864. The van der Waals surface area contributed by atoms with E-state index in [0.29, 0.717) is 12.4 Å². The Bertz CT molecular complexity index is 343. The first-order chi connectivity index (χ1) is 6.99. The van der Waals surface area contributed by atoms with Crippen molar-refractivity contribution >= 4 is 11.7 Å². The highest BCUT2D eigenvalue weighted by molar-refractivity contribution is 5.94. The zero-order valence-electron chi connectivity index (χ0n) is 9.42. The second-order valence-electron chi connectivity index (χ2n) is 4.17. The minimum absolute atomic E-state index is 0.112. The number of nitrogens with two attached hydrogens (primary N) is 1. The quantitative estimate of drug-likeness (QED) is 0.690. The Morgan fingerprint density at radius 3 is 2.80 bits per heavy atom. The highest BCUT2D eigenvalue weighted by Gasteiger charge is 2.26. The average molecular weight is 210 g/mol. The summed E-state index contributed by atoms with van der Waals surface area (Å²) in [6, 6.07) is 1.82. The molecule has 1 rings (SSSR count). The maximum atomic E-state index is 11.7. The molecule has 1 amide bonds. The summed E-state index contributed by atoms with van der Waals surface area (Å²) in [6.45, 7) is 5.93. The van der Waals surface area contributed by atoms with Crippen molar-refractivity contribution in [1.29, 1.82) is 0 Å². The molecule has 0 saturated heterocycles. The maximum absolute atomic E-state index is 11.7. The number of hydrogen-bond acceptors (Lipinski definition) is 3. The minimum Gasteiger partial charge on any atom is -0.329 e. The number of carbonyl (C=O) groups is 1. The van der Waals surface area contributed by atoms with E-state index >= 15 is 0 Å². The lowest BCUT2D eigenvalue weighted by Crippen LogP contribution is -2.37. The molecule has 0 aliphatic rings. The van der Waals surface area contributed by atoms with Crippen LogP contribution in [-0.4, -0.2) is 22.6 Å². The van der Waals surface area contributed by atoms with Gasteiger partial charge in [-0.05, 0) is 20.3 Å². The first kappa shape index (κ1) is 11.7. The summed E-state index contributed by atoms with van der Waals surface area (Å²) in [5, 5.41) is 9.54. The molecular formula is C10H18N4O. The number of carbonyl (C=O) groups excluding carboxylic acids is 1. The second kappa shape index (κ2) is 4.44. The van der Waals surface area contributed by atoms with E-state index in [9.17, 15) is 4.79 Å². The molecule has 0 saturated carbocycles. The number of nitrogens with zero attached hydrogens (tertiary/aromatic N) is 1. The third-order valence-corrected chi connectivity index (χ3v) is 2.38. The molecule has 0 bridgehead atoms. The summed E-state index contributed by atoms with van der Waals surface area (Å²) in [5.41, 5.74) is 5.94. The number of anilines is 1. The SMILES string of the molecule is CCc1cc(NC(=O)C(C)(C)CN)n[nH]1. The van der Waals surface area contributed by atoms with Crippen LogP contribution >= 0.6 is 0 Å². The highest BCUT2D eigenvalue weighted by Crippen LogP contribution is 2.16. The molecule has 1 aromatic rings. The van der Waals surface area contributed by atoms with Gasteiger partial charge in [0.2, 0.25) is 5.91 Å². The Labute approximate surface area is 89.4 Å². The number of aromatic nitrogens is 2. The molecule has 0 aromatic carbocycles. The van der Waals surface area contributed by atoms with Crippen LogP contribution in [0.15, 0.2) is 6.07 Å². The summed E-state index contributed by atoms with van der Waals surface area (Å²) in [7, 11) is 0. The number of aromatic amines is 1. The minimum atomic E-state index is -0.564. The van der Waals surface area contributed by atoms with Gasteiger partial charge in [-0.25, -0.2) is 0 Å². The molecule has 0 spiro atoms. The van der Waals surface area contributed by atoms with Crippen molar-refractivity contribution in [3.8, 4) is 0 Å². The predicted octanol–water partition coefficient (Wildman–Crippen LogP) is 0.895. The van der Waals surface area contributed by atoms with Gasteiger partial charge in [-0.1, -0.05) is 6.92 Å². The van der Waals surface area contributed by atoms with E-state index in [-0.39, 0.29) is 5.91 Å². The molecule has 0 aliphatic carbocycles. The lowest BCUT2D eigenvalue weighted by molar-refractivity contribution is -0.123. The summed E-state index contributed by atoms with van der Waals surface area (Å²) in [5.74, 6) is 0.442. The van der Waals surface area contributed by atoms with Crippen molar-refractivity contribution in [3.05, 3.63) is 11.8 Å². The van der Waals surface area contributed by atoms with Crippen molar-refractivity contribution < 1.29 is 4.79 Å². The van der Waals surface area contributed by atoms with Gasteiger partial charge in [-0.15, -0.1) is 0 Å². The summed E-state index contributed by atoms with van der Waals surface area (Å²) in [4.78, 5) is 11.7. The van der Waals surface area contributed by atoms with Gasteiger partial charge >= 0.3 is 0 Å². The molecule has 1 aromatic heterocycles. The molecule has 5 heteroatoms. The molecule has 0 aliphatic heterocycles. The normalized spacial score (nSPS) is 11.5. The fourth-order valence-corrected chi connectivity index (χ4v) is 0.985. The van der Waals surface area contributed by atoms with Crippen LogP contribution in [0.4, 0.5) is 5.82 Å². The monoisotopic (exact) mass is 210 g/mol. The molecule has 0 radical (unpaired) electrons. The Kier molecular flexibility index (Phi) is 3.47. The van der Waals surface area contributed by atoms with Crippen LogP contribution in [0.1, 0.15) is 26.5 Å². The van der Waals surface area contributed by atoms with Crippen molar-refractivity contribution in [2.24, 2.45) is 11.1 Å². The number of amides is 1. The lowest BCUT2D eigenvalue weighted by Gasteiger charge is -2.20. The van der Waals surface area contributed by atoms with E-state index in [2.05, 4.69) is 15.5 Å². The van der Waals surface area contributed by atoms with Crippen molar-refractivity contribution in [2.45, 2.75) is 27.2 Å². The van der Waals surface area contributed by atoms with Gasteiger partial charge in [-0.2, -0.15) is 5.10 Å². The molecule has 1 heterocycles. The van der Waals surface area contributed by atoms with Crippen LogP contribution < -0.4 is 11.1 Å². The van der Waals surface area contributed by atoms with E-state index in [1.54, 1.807) is 13.8 Å².